The van der Waals surface area contributed by atoms with Crippen molar-refractivity contribution >= 4 is 35.3 Å². The number of rotatable bonds is 13. The van der Waals surface area contributed by atoms with Gasteiger partial charge in [-0.05, 0) is 66.4 Å². The number of nitrogens with two attached hydrogens (primary N) is 1. The molecule has 2 aliphatic rings. The Morgan fingerprint density at radius 3 is 2.11 bits per heavy atom. The summed E-state index contributed by atoms with van der Waals surface area (Å²) < 4.78 is 0. The van der Waals surface area contributed by atoms with Crippen LogP contribution in [-0.4, -0.2) is 76.0 Å². The van der Waals surface area contributed by atoms with Crippen LogP contribution in [0.3, 0.4) is 0 Å². The molecule has 1 heterocycles. The van der Waals surface area contributed by atoms with Crippen molar-refractivity contribution in [3.8, 4) is 5.75 Å². The molecule has 12 nitrogen and oxygen atoms in total. The zero-order chi connectivity index (χ0) is 34.7. The van der Waals surface area contributed by atoms with Gasteiger partial charge in [0.05, 0.1) is 17.6 Å². The normalized spacial score (nSPS) is 23.0. The maximum Gasteiger partial charge on any atom is 0.316 e. The largest absolute Gasteiger partial charge is 0.507 e. The molecule has 254 valence electrons. The predicted molar refractivity (Wildman–Crippen MR) is 172 cm³/mol. The highest BCUT2D eigenvalue weighted by Gasteiger charge is 2.48. The van der Waals surface area contributed by atoms with Crippen LogP contribution in [0.25, 0.3) is 0 Å². The first-order valence-electron chi connectivity index (χ1n) is 16.2. The SMILES string of the molecule is CC(C)[C@H](NC(=O)N[C@H](C(=O)N1CC[C@H](C(C)C)[C@H]1C(=O)NC(CC1C[C@H]1C)C(=O)C(N)=O)C(C)(C)C)C(=O)c1ccccc1O. The maximum absolute atomic E-state index is 14.3. The Balaban J connectivity index is 1.84. The van der Waals surface area contributed by atoms with Gasteiger partial charge in [-0.3, -0.25) is 24.0 Å². The van der Waals surface area contributed by atoms with Crippen molar-refractivity contribution in [1.29, 1.82) is 0 Å². The van der Waals surface area contributed by atoms with Crippen molar-refractivity contribution in [3.05, 3.63) is 29.8 Å². The predicted octanol–water partition coefficient (Wildman–Crippen LogP) is 2.77. The summed E-state index contributed by atoms with van der Waals surface area (Å²) in [6, 6.07) is 1.23. The van der Waals surface area contributed by atoms with E-state index in [4.69, 9.17) is 5.73 Å². The fraction of sp³-hybridized carbons (Fsp3) is 0.647. The number of carbonyl (C=O) groups excluding carboxylic acids is 6. The van der Waals surface area contributed by atoms with E-state index in [2.05, 4.69) is 16.0 Å². The molecule has 7 atom stereocenters. The number of hydrogen-bond donors (Lipinski definition) is 5. The van der Waals surface area contributed by atoms with Crippen LogP contribution >= 0.6 is 0 Å². The minimum Gasteiger partial charge on any atom is -0.507 e. The second kappa shape index (κ2) is 14.6. The number of ketones is 2. The van der Waals surface area contributed by atoms with Crippen LogP contribution in [-0.2, 0) is 19.2 Å². The molecule has 1 aliphatic carbocycles. The first-order chi connectivity index (χ1) is 21.3. The Morgan fingerprint density at radius 2 is 1.61 bits per heavy atom. The third-order valence-electron chi connectivity index (χ3n) is 9.34. The minimum atomic E-state index is -1.12. The van der Waals surface area contributed by atoms with E-state index in [1.54, 1.807) is 46.8 Å². The van der Waals surface area contributed by atoms with Gasteiger partial charge in [0.2, 0.25) is 17.6 Å². The summed E-state index contributed by atoms with van der Waals surface area (Å²) in [4.78, 5) is 80.8. The molecule has 12 heteroatoms. The molecule has 3 rings (SSSR count). The number of hydrogen-bond acceptors (Lipinski definition) is 7. The quantitative estimate of drug-likeness (QED) is 0.162. The number of nitrogens with zero attached hydrogens (tertiary/aromatic N) is 1. The van der Waals surface area contributed by atoms with Crippen molar-refractivity contribution in [2.24, 2.45) is 40.7 Å². The molecular formula is C34H51N5O7. The second-order valence-corrected chi connectivity index (χ2v) is 14.7. The van der Waals surface area contributed by atoms with Crippen molar-refractivity contribution in [3.63, 3.8) is 0 Å². The Labute approximate surface area is 271 Å². The van der Waals surface area contributed by atoms with Gasteiger partial charge in [0.15, 0.2) is 5.78 Å². The first kappa shape index (κ1) is 36.5. The fourth-order valence-corrected chi connectivity index (χ4v) is 6.30. The zero-order valence-corrected chi connectivity index (χ0v) is 28.3. The van der Waals surface area contributed by atoms with Gasteiger partial charge in [0.25, 0.3) is 5.91 Å². The number of urea groups is 1. The summed E-state index contributed by atoms with van der Waals surface area (Å²) in [5.41, 5.74) is 4.58. The fourth-order valence-electron chi connectivity index (χ4n) is 6.30. The molecule has 2 unspecified atom stereocenters. The molecule has 6 N–H and O–H groups in total. The van der Waals surface area contributed by atoms with E-state index in [1.807, 2.05) is 20.8 Å². The molecule has 2 fully saturated rings. The number of phenols is 1. The second-order valence-electron chi connectivity index (χ2n) is 14.7. The van der Waals surface area contributed by atoms with Crippen LogP contribution in [0, 0.1) is 35.0 Å². The van der Waals surface area contributed by atoms with Crippen molar-refractivity contribution < 1.29 is 33.9 Å². The van der Waals surface area contributed by atoms with Crippen molar-refractivity contribution in [2.75, 3.05) is 6.54 Å². The lowest BCUT2D eigenvalue weighted by Crippen LogP contribution is -2.62. The summed E-state index contributed by atoms with van der Waals surface area (Å²) in [5.74, 6) is -3.67. The minimum absolute atomic E-state index is 0.0128. The summed E-state index contributed by atoms with van der Waals surface area (Å²) in [6.07, 6.45) is 1.71. The number of carbonyl (C=O) groups is 6. The van der Waals surface area contributed by atoms with E-state index in [1.165, 1.54) is 17.0 Å². The van der Waals surface area contributed by atoms with Crippen LogP contribution in [0.1, 0.15) is 85.0 Å². The number of amides is 5. The maximum atomic E-state index is 14.3. The van der Waals surface area contributed by atoms with E-state index >= 15 is 0 Å². The number of aromatic hydroxyl groups is 1. The molecule has 0 spiro atoms. The van der Waals surface area contributed by atoms with Gasteiger partial charge in [-0.25, -0.2) is 4.79 Å². The molecule has 5 amide bonds. The third-order valence-corrected chi connectivity index (χ3v) is 9.34. The molecule has 1 aromatic carbocycles. The van der Waals surface area contributed by atoms with Gasteiger partial charge in [-0.15, -0.1) is 0 Å². The van der Waals surface area contributed by atoms with Gasteiger partial charge in [-0.2, -0.15) is 0 Å². The summed E-state index contributed by atoms with van der Waals surface area (Å²) in [5, 5.41) is 18.4. The lowest BCUT2D eigenvalue weighted by molar-refractivity contribution is -0.144. The first-order valence-corrected chi connectivity index (χ1v) is 16.2. The molecule has 0 bridgehead atoms. The number of primary amides is 1. The number of likely N-dealkylation sites (tertiary alicyclic amines) is 1. The lowest BCUT2D eigenvalue weighted by atomic mass is 9.84. The van der Waals surface area contributed by atoms with Crippen molar-refractivity contribution in [1.82, 2.24) is 20.9 Å². The Bertz CT molecular complexity index is 1340. The summed E-state index contributed by atoms with van der Waals surface area (Å²) >= 11 is 0. The van der Waals surface area contributed by atoms with Gasteiger partial charge in [-0.1, -0.05) is 67.5 Å². The molecule has 1 saturated heterocycles. The monoisotopic (exact) mass is 641 g/mol. The zero-order valence-electron chi connectivity index (χ0n) is 28.3. The Morgan fingerprint density at radius 1 is 1.00 bits per heavy atom. The van der Waals surface area contributed by atoms with E-state index < -0.39 is 64.9 Å². The summed E-state index contributed by atoms with van der Waals surface area (Å²) in [6.45, 7) is 15.1. The van der Waals surface area contributed by atoms with Crippen LogP contribution in [0.15, 0.2) is 24.3 Å². The highest BCUT2D eigenvalue weighted by atomic mass is 16.3. The van der Waals surface area contributed by atoms with Crippen LogP contribution in [0.5, 0.6) is 5.75 Å². The Kier molecular flexibility index (Phi) is 11.6. The van der Waals surface area contributed by atoms with E-state index in [-0.39, 0.29) is 41.5 Å². The van der Waals surface area contributed by atoms with Crippen LogP contribution < -0.4 is 21.7 Å². The lowest BCUT2D eigenvalue weighted by Gasteiger charge is -2.37. The van der Waals surface area contributed by atoms with E-state index in [9.17, 15) is 33.9 Å². The van der Waals surface area contributed by atoms with Crippen LogP contribution in [0.4, 0.5) is 4.79 Å². The van der Waals surface area contributed by atoms with Gasteiger partial charge in [0, 0.05) is 6.54 Å². The van der Waals surface area contributed by atoms with Crippen molar-refractivity contribution in [2.45, 2.75) is 98.8 Å². The standard InChI is InChI=1S/C34H51N5O7/c1-17(2)21-13-14-39(26(21)31(44)36-23(28(42)30(35)43)16-20-15-19(20)5)32(45)29(34(6,7)8)38-33(46)37-25(18(3)4)27(41)22-11-9-10-12-24(22)40/h9-12,17-21,23,25-26,29,40H,13-16H2,1-8H3,(H2,35,43)(H,36,44)(H2,37,38,46)/t19-,20?,21-,23?,25+,26+,29-/m1/s1. The Hall–Kier alpha value is -3.96. The topological polar surface area (TPSA) is 188 Å². The van der Waals surface area contributed by atoms with Gasteiger partial charge >= 0.3 is 6.03 Å². The molecule has 0 radical (unpaired) electrons. The van der Waals surface area contributed by atoms with E-state index in [0.29, 0.717) is 18.8 Å². The third kappa shape index (κ3) is 8.64. The van der Waals surface area contributed by atoms with Crippen LogP contribution in [0.2, 0.25) is 0 Å². The highest BCUT2D eigenvalue weighted by Crippen LogP contribution is 2.41. The molecular weight excluding hydrogens is 590 g/mol. The number of nitrogens with one attached hydrogen (secondary N) is 3. The molecule has 46 heavy (non-hydrogen) atoms. The number of benzene rings is 1. The average Bonchev–Trinajstić information content (AvgIpc) is 3.46. The van der Waals surface area contributed by atoms with Gasteiger partial charge in [0.1, 0.15) is 17.8 Å². The van der Waals surface area contributed by atoms with E-state index in [0.717, 1.165) is 6.42 Å². The smallest absolute Gasteiger partial charge is 0.316 e. The number of para-hydroxylation sites is 1. The molecule has 0 aromatic heterocycles. The number of phenolic OH excluding ortho intramolecular Hbond substituents is 1. The summed E-state index contributed by atoms with van der Waals surface area (Å²) in [7, 11) is 0. The molecule has 1 aromatic rings. The average molecular weight is 642 g/mol. The molecule has 1 aliphatic heterocycles. The van der Waals surface area contributed by atoms with Gasteiger partial charge < -0.3 is 31.7 Å². The number of Topliss-reactive ketones (excluding diaryl/α,β-unsaturated/α-hetero) is 2. The highest BCUT2D eigenvalue weighted by molar-refractivity contribution is 6.37. The molecule has 1 saturated carbocycles.